The Labute approximate surface area is 170 Å². The normalized spacial score (nSPS) is 15.7. The molecule has 0 spiro atoms. The van der Waals surface area contributed by atoms with Crippen molar-refractivity contribution < 1.29 is 4.79 Å². The Bertz CT molecular complexity index is 982. The van der Waals surface area contributed by atoms with Crippen LogP contribution in [0.4, 0.5) is 0 Å². The molecule has 0 aliphatic carbocycles. The first-order valence-electron chi connectivity index (χ1n) is 10.1. The zero-order valence-electron chi connectivity index (χ0n) is 17.1. The van der Waals surface area contributed by atoms with E-state index in [1.807, 2.05) is 29.3 Å². The van der Waals surface area contributed by atoms with Gasteiger partial charge >= 0.3 is 0 Å². The van der Waals surface area contributed by atoms with Crippen LogP contribution in [0.2, 0.25) is 0 Å². The summed E-state index contributed by atoms with van der Waals surface area (Å²) in [5, 5.41) is 8.21. The fourth-order valence-corrected chi connectivity index (χ4v) is 4.91. The van der Waals surface area contributed by atoms with E-state index < -0.39 is 0 Å². The van der Waals surface area contributed by atoms with Crippen molar-refractivity contribution in [3.05, 3.63) is 45.4 Å². The van der Waals surface area contributed by atoms with Crippen molar-refractivity contribution in [1.82, 2.24) is 19.7 Å². The van der Waals surface area contributed by atoms with Gasteiger partial charge in [-0.3, -0.25) is 4.79 Å². The fraction of sp³-hybridized carbons (Fsp3) is 0.500. The van der Waals surface area contributed by atoms with Crippen LogP contribution in [-0.2, 0) is 6.54 Å². The first-order valence-corrected chi connectivity index (χ1v) is 11.0. The van der Waals surface area contributed by atoms with Gasteiger partial charge in [0.05, 0.1) is 10.6 Å². The Balaban J connectivity index is 1.60. The molecule has 0 bridgehead atoms. The summed E-state index contributed by atoms with van der Waals surface area (Å²) in [4.78, 5) is 20.3. The highest BCUT2D eigenvalue weighted by molar-refractivity contribution is 7.12. The summed E-state index contributed by atoms with van der Waals surface area (Å²) in [6, 6.07) is 6.01. The summed E-state index contributed by atoms with van der Waals surface area (Å²) in [5.41, 5.74) is 4.48. The predicted molar refractivity (Wildman–Crippen MR) is 114 cm³/mol. The summed E-state index contributed by atoms with van der Waals surface area (Å²) in [7, 11) is 0. The lowest BCUT2D eigenvalue weighted by Crippen LogP contribution is -2.37. The van der Waals surface area contributed by atoms with Gasteiger partial charge in [-0.15, -0.1) is 11.3 Å². The Hall–Kier alpha value is -2.21. The molecule has 5 nitrogen and oxygen atoms in total. The van der Waals surface area contributed by atoms with E-state index in [9.17, 15) is 4.79 Å². The van der Waals surface area contributed by atoms with Gasteiger partial charge in [0.25, 0.3) is 5.91 Å². The molecule has 4 heterocycles. The maximum Gasteiger partial charge on any atom is 0.263 e. The van der Waals surface area contributed by atoms with Crippen LogP contribution >= 0.6 is 11.3 Å². The third-order valence-electron chi connectivity index (χ3n) is 5.49. The topological polar surface area (TPSA) is 51.0 Å². The van der Waals surface area contributed by atoms with Crippen LogP contribution < -0.4 is 0 Å². The van der Waals surface area contributed by atoms with E-state index in [0.717, 1.165) is 48.7 Å². The number of aryl methyl sites for hydroxylation is 2. The molecule has 28 heavy (non-hydrogen) atoms. The van der Waals surface area contributed by atoms with Gasteiger partial charge in [-0.05, 0) is 55.7 Å². The number of hydrogen-bond donors (Lipinski definition) is 0. The highest BCUT2D eigenvalue weighted by Crippen LogP contribution is 2.34. The number of piperidine rings is 1. The molecule has 1 saturated heterocycles. The summed E-state index contributed by atoms with van der Waals surface area (Å²) in [5.74, 6) is 1.06. The molecule has 3 aromatic rings. The van der Waals surface area contributed by atoms with E-state index >= 15 is 0 Å². The number of rotatable bonds is 4. The van der Waals surface area contributed by atoms with Crippen molar-refractivity contribution in [2.45, 2.75) is 53.0 Å². The Morgan fingerprint density at radius 1 is 1.29 bits per heavy atom. The summed E-state index contributed by atoms with van der Waals surface area (Å²) >= 11 is 1.52. The van der Waals surface area contributed by atoms with Crippen molar-refractivity contribution in [3.8, 4) is 0 Å². The lowest BCUT2D eigenvalue weighted by Gasteiger charge is -2.31. The standard InChI is InChI=1S/C22H28N4OS/c1-14(2)13-26-21-19(15(3)12-16(4)23-21)20(24-26)17-7-9-25(10-8-17)22(27)18-6-5-11-28-18/h5-6,11-12,14,17H,7-10,13H2,1-4H3. The van der Waals surface area contributed by atoms with E-state index in [-0.39, 0.29) is 5.91 Å². The van der Waals surface area contributed by atoms with Crippen LogP contribution in [0, 0.1) is 19.8 Å². The number of fused-ring (bicyclic) bond motifs is 1. The number of nitrogens with zero attached hydrogens (tertiary/aromatic N) is 4. The van der Waals surface area contributed by atoms with Gasteiger partial charge in [0, 0.05) is 36.6 Å². The molecule has 0 unspecified atom stereocenters. The monoisotopic (exact) mass is 396 g/mol. The maximum atomic E-state index is 12.6. The van der Waals surface area contributed by atoms with Crippen molar-refractivity contribution in [2.75, 3.05) is 13.1 Å². The Morgan fingerprint density at radius 3 is 2.68 bits per heavy atom. The SMILES string of the molecule is Cc1cc(C)c2c(C3CCN(C(=O)c4cccs4)CC3)nn(CC(C)C)c2n1. The first kappa shape index (κ1) is 19.1. The quantitative estimate of drug-likeness (QED) is 0.637. The molecule has 0 aromatic carbocycles. The largest absolute Gasteiger partial charge is 0.338 e. The van der Waals surface area contributed by atoms with Crippen LogP contribution in [0.25, 0.3) is 11.0 Å². The molecule has 1 amide bonds. The van der Waals surface area contributed by atoms with Gasteiger partial charge in [0.15, 0.2) is 5.65 Å². The van der Waals surface area contributed by atoms with Crippen LogP contribution in [0.5, 0.6) is 0 Å². The molecule has 1 aliphatic heterocycles. The minimum Gasteiger partial charge on any atom is -0.338 e. The molecular weight excluding hydrogens is 368 g/mol. The van der Waals surface area contributed by atoms with Gasteiger partial charge in [-0.25, -0.2) is 9.67 Å². The molecule has 4 rings (SSSR count). The second-order valence-corrected chi connectivity index (χ2v) is 9.23. The van der Waals surface area contributed by atoms with Crippen molar-refractivity contribution >= 4 is 28.3 Å². The Morgan fingerprint density at radius 2 is 2.04 bits per heavy atom. The predicted octanol–water partition coefficient (Wildman–Crippen LogP) is 4.79. The van der Waals surface area contributed by atoms with E-state index in [1.54, 1.807) is 0 Å². The third kappa shape index (κ3) is 3.58. The van der Waals surface area contributed by atoms with E-state index in [2.05, 4.69) is 31.5 Å². The smallest absolute Gasteiger partial charge is 0.263 e. The van der Waals surface area contributed by atoms with E-state index in [0.29, 0.717) is 11.8 Å². The summed E-state index contributed by atoms with van der Waals surface area (Å²) in [6.45, 7) is 11.1. The number of pyridine rings is 1. The number of carbonyl (C=O) groups is 1. The maximum absolute atomic E-state index is 12.6. The minimum atomic E-state index is 0.164. The molecule has 148 valence electrons. The van der Waals surface area contributed by atoms with Crippen LogP contribution in [-0.4, -0.2) is 38.7 Å². The van der Waals surface area contributed by atoms with Gasteiger partial charge < -0.3 is 4.90 Å². The second kappa shape index (κ2) is 7.66. The molecule has 1 fully saturated rings. The molecule has 3 aromatic heterocycles. The number of hydrogen-bond acceptors (Lipinski definition) is 4. The van der Waals surface area contributed by atoms with Gasteiger partial charge in [0.2, 0.25) is 0 Å². The van der Waals surface area contributed by atoms with Gasteiger partial charge in [-0.2, -0.15) is 5.10 Å². The molecule has 6 heteroatoms. The van der Waals surface area contributed by atoms with Crippen molar-refractivity contribution in [2.24, 2.45) is 5.92 Å². The molecular formula is C22H28N4OS. The fourth-order valence-electron chi connectivity index (χ4n) is 4.22. The molecule has 1 aliphatic rings. The van der Waals surface area contributed by atoms with Crippen LogP contribution in [0.1, 0.15) is 59.2 Å². The zero-order chi connectivity index (χ0) is 19.8. The van der Waals surface area contributed by atoms with Crippen molar-refractivity contribution in [3.63, 3.8) is 0 Å². The summed E-state index contributed by atoms with van der Waals surface area (Å²) < 4.78 is 2.10. The third-order valence-corrected chi connectivity index (χ3v) is 6.35. The lowest BCUT2D eigenvalue weighted by molar-refractivity contribution is 0.0717. The number of amides is 1. The van der Waals surface area contributed by atoms with Gasteiger partial charge in [-0.1, -0.05) is 19.9 Å². The highest BCUT2D eigenvalue weighted by Gasteiger charge is 2.29. The average Bonchev–Trinajstić information content (AvgIpc) is 3.30. The molecule has 0 atom stereocenters. The first-order chi connectivity index (χ1) is 13.4. The number of carbonyl (C=O) groups excluding carboxylic acids is 1. The summed E-state index contributed by atoms with van der Waals surface area (Å²) in [6.07, 6.45) is 1.91. The second-order valence-electron chi connectivity index (χ2n) is 8.28. The number of aromatic nitrogens is 3. The van der Waals surface area contributed by atoms with E-state index in [4.69, 9.17) is 10.1 Å². The molecule has 0 saturated carbocycles. The van der Waals surface area contributed by atoms with Gasteiger partial charge in [0.1, 0.15) is 0 Å². The molecule has 0 N–H and O–H groups in total. The number of likely N-dealkylation sites (tertiary alicyclic amines) is 1. The van der Waals surface area contributed by atoms with E-state index in [1.165, 1.54) is 28.0 Å². The average molecular weight is 397 g/mol. The number of thiophene rings is 1. The van der Waals surface area contributed by atoms with Crippen LogP contribution in [0.3, 0.4) is 0 Å². The zero-order valence-corrected chi connectivity index (χ0v) is 17.9. The highest BCUT2D eigenvalue weighted by atomic mass is 32.1. The molecule has 0 radical (unpaired) electrons. The van der Waals surface area contributed by atoms with Crippen molar-refractivity contribution in [1.29, 1.82) is 0 Å². The minimum absolute atomic E-state index is 0.164. The Kier molecular flexibility index (Phi) is 5.23. The van der Waals surface area contributed by atoms with Crippen LogP contribution in [0.15, 0.2) is 23.6 Å². The lowest BCUT2D eigenvalue weighted by atomic mass is 9.91.